The Morgan fingerprint density at radius 2 is 1.29 bits per heavy atom. The quantitative estimate of drug-likeness (QED) is 0.104. The number of hydrogen-bond acceptors (Lipinski definition) is 4. The third-order valence-corrected chi connectivity index (χ3v) is 14.8. The number of halogens is 1. The number of alkyl halides is 1. The van der Waals surface area contributed by atoms with Gasteiger partial charge in [0.1, 0.15) is 0 Å². The second-order valence-corrected chi connectivity index (χ2v) is 17.0. The Labute approximate surface area is 243 Å². The normalized spacial score (nSPS) is 17.7. The first kappa shape index (κ1) is 27.0. The van der Waals surface area contributed by atoms with E-state index in [-0.39, 0.29) is 5.91 Å². The molecule has 0 spiro atoms. The first-order valence-corrected chi connectivity index (χ1v) is 16.9. The number of carbonyl (C=O) groups excluding carboxylic acids is 1. The fourth-order valence-electron chi connectivity index (χ4n) is 5.17. The summed E-state index contributed by atoms with van der Waals surface area (Å²) in [7, 11) is -1.04. The van der Waals surface area contributed by atoms with E-state index in [2.05, 4.69) is 95.4 Å². The van der Waals surface area contributed by atoms with Crippen LogP contribution < -0.4 is 25.4 Å². The summed E-state index contributed by atoms with van der Waals surface area (Å²) in [4.78, 5) is 16.4. The van der Waals surface area contributed by atoms with Crippen LogP contribution in [0, 0.1) is 0 Å². The van der Waals surface area contributed by atoms with Gasteiger partial charge in [-0.15, -0.1) is 0 Å². The fourth-order valence-corrected chi connectivity index (χ4v) is 12.1. The van der Waals surface area contributed by atoms with Gasteiger partial charge in [-0.3, -0.25) is 0 Å². The van der Waals surface area contributed by atoms with Crippen molar-refractivity contribution in [1.29, 1.82) is 0 Å². The average Bonchev–Trinajstić information content (AvgIpc) is 3.38. The Balaban J connectivity index is 1.51. The number of amides is 1. The first-order valence-electron chi connectivity index (χ1n) is 12.6. The van der Waals surface area contributed by atoms with Crippen LogP contribution in [0.2, 0.25) is 0 Å². The zero-order valence-corrected chi connectivity index (χ0v) is 25.2. The van der Waals surface area contributed by atoms with Gasteiger partial charge in [-0.05, 0) is 0 Å². The van der Waals surface area contributed by atoms with Crippen molar-refractivity contribution in [3.05, 3.63) is 115 Å². The second kappa shape index (κ2) is 12.1. The molecule has 1 atom stereocenters. The number of carbonyl (C=O) groups is 1. The SMILES string of the molecule is COc1ccccc1OCC1(I)SCCN1C(=O)C[PH](c1ccccc1)(c1ccccc1)c1ccccc1. The van der Waals surface area contributed by atoms with E-state index in [1.165, 1.54) is 15.9 Å². The van der Waals surface area contributed by atoms with Crippen LogP contribution in [0.25, 0.3) is 0 Å². The zero-order valence-electron chi connectivity index (χ0n) is 21.3. The van der Waals surface area contributed by atoms with E-state index in [1.54, 1.807) is 18.9 Å². The summed E-state index contributed by atoms with van der Waals surface area (Å²) in [5, 5.41) is 3.71. The van der Waals surface area contributed by atoms with Gasteiger partial charge >= 0.3 is 244 Å². The summed E-state index contributed by atoms with van der Waals surface area (Å²) in [6, 6.07) is 39.5. The minimum absolute atomic E-state index is 0.163. The van der Waals surface area contributed by atoms with Crippen molar-refractivity contribution in [1.82, 2.24) is 4.90 Å². The number of para-hydroxylation sites is 2. The number of methoxy groups -OCH3 is 1. The summed E-state index contributed by atoms with van der Waals surface area (Å²) >= 11 is 4.18. The van der Waals surface area contributed by atoms with Crippen molar-refractivity contribution in [2.24, 2.45) is 0 Å². The molecule has 0 saturated carbocycles. The Morgan fingerprint density at radius 1 is 0.816 bits per heavy atom. The molecule has 0 N–H and O–H groups in total. The topological polar surface area (TPSA) is 38.8 Å². The molecule has 0 bridgehead atoms. The van der Waals surface area contributed by atoms with Crippen LogP contribution in [0.4, 0.5) is 0 Å². The maximum absolute atomic E-state index is 14.4. The molecular formula is C31H31INO3PS. The fraction of sp³-hybridized carbons (Fsp3) is 0.194. The van der Waals surface area contributed by atoms with Crippen LogP contribution in [-0.2, 0) is 4.79 Å². The van der Waals surface area contributed by atoms with Crippen LogP contribution in [0.3, 0.4) is 0 Å². The van der Waals surface area contributed by atoms with Crippen molar-refractivity contribution in [2.45, 2.75) is 2.88 Å². The van der Waals surface area contributed by atoms with Crippen LogP contribution in [0.5, 0.6) is 11.5 Å². The molecule has 1 aliphatic rings. The van der Waals surface area contributed by atoms with E-state index >= 15 is 0 Å². The monoisotopic (exact) mass is 655 g/mol. The molecule has 0 radical (unpaired) electrons. The molecule has 4 aromatic rings. The Kier molecular flexibility index (Phi) is 8.61. The Hall–Kier alpha value is -2.54. The summed E-state index contributed by atoms with van der Waals surface area (Å²) in [5.41, 5.74) is 0. The molecule has 4 aromatic carbocycles. The second-order valence-electron chi connectivity index (χ2n) is 9.20. The van der Waals surface area contributed by atoms with E-state index < -0.39 is 10.1 Å². The minimum atomic E-state index is -2.68. The summed E-state index contributed by atoms with van der Waals surface area (Å²) in [6.45, 7) is 1.07. The van der Waals surface area contributed by atoms with E-state index in [1.807, 2.05) is 47.4 Å². The number of ether oxygens (including phenoxy) is 2. The standard InChI is InChI=1S/C31H31INO3PS/c1-35-28-19-11-12-20-29(28)36-24-31(32)33(21-22-38-31)30(34)23-37(25-13-5-2-6-14-25,26-15-7-3-8-16-26)27-17-9-4-10-18-27/h2-20,37H,21-24H2,1H3. The van der Waals surface area contributed by atoms with Gasteiger partial charge in [0.2, 0.25) is 0 Å². The summed E-state index contributed by atoms with van der Waals surface area (Å²) in [5.74, 6) is 2.42. The predicted molar refractivity (Wildman–Crippen MR) is 171 cm³/mol. The van der Waals surface area contributed by atoms with Gasteiger partial charge in [0, 0.05) is 0 Å². The number of benzene rings is 4. The molecule has 1 fully saturated rings. The van der Waals surface area contributed by atoms with Crippen LogP contribution in [0.15, 0.2) is 115 Å². The summed E-state index contributed by atoms with van der Waals surface area (Å²) in [6.07, 6.45) is 0.449. The number of nitrogens with zero attached hydrogens (tertiary/aromatic N) is 1. The maximum atomic E-state index is 14.4. The van der Waals surface area contributed by atoms with Gasteiger partial charge in [0.05, 0.1) is 0 Å². The van der Waals surface area contributed by atoms with E-state index in [4.69, 9.17) is 9.47 Å². The van der Waals surface area contributed by atoms with Gasteiger partial charge in [-0.2, -0.15) is 0 Å². The Morgan fingerprint density at radius 3 is 1.79 bits per heavy atom. The molecule has 7 heteroatoms. The summed E-state index contributed by atoms with van der Waals surface area (Å²) < 4.78 is 11.2. The zero-order chi connectivity index (χ0) is 26.4. The molecule has 1 heterocycles. The Bertz CT molecular complexity index is 1260. The molecular weight excluding hydrogens is 624 g/mol. The first-order chi connectivity index (χ1) is 18.6. The van der Waals surface area contributed by atoms with Crippen molar-refractivity contribution in [2.75, 3.05) is 32.2 Å². The van der Waals surface area contributed by atoms with Crippen LogP contribution >= 0.6 is 41.6 Å². The molecule has 0 aromatic heterocycles. The van der Waals surface area contributed by atoms with E-state index in [0.717, 1.165) is 5.75 Å². The molecule has 38 heavy (non-hydrogen) atoms. The van der Waals surface area contributed by atoms with Crippen LogP contribution in [-0.4, -0.2) is 45.9 Å². The third kappa shape index (κ3) is 5.45. The van der Waals surface area contributed by atoms with Gasteiger partial charge in [0.25, 0.3) is 0 Å². The predicted octanol–water partition coefficient (Wildman–Crippen LogP) is 5.46. The molecule has 1 unspecified atom stereocenters. The molecule has 1 aliphatic heterocycles. The van der Waals surface area contributed by atoms with Crippen molar-refractivity contribution >= 4 is 63.4 Å². The molecule has 5 rings (SSSR count). The van der Waals surface area contributed by atoms with Crippen molar-refractivity contribution in [3.8, 4) is 11.5 Å². The van der Waals surface area contributed by atoms with Gasteiger partial charge < -0.3 is 0 Å². The number of rotatable bonds is 9. The average molecular weight is 656 g/mol. The van der Waals surface area contributed by atoms with Crippen molar-refractivity contribution < 1.29 is 14.3 Å². The van der Waals surface area contributed by atoms with Gasteiger partial charge in [-0.25, -0.2) is 0 Å². The van der Waals surface area contributed by atoms with Gasteiger partial charge in [-0.1, -0.05) is 0 Å². The van der Waals surface area contributed by atoms with Gasteiger partial charge in [0.15, 0.2) is 0 Å². The third-order valence-electron chi connectivity index (χ3n) is 7.03. The van der Waals surface area contributed by atoms with Crippen molar-refractivity contribution in [3.63, 3.8) is 0 Å². The molecule has 1 amide bonds. The molecule has 4 nitrogen and oxygen atoms in total. The molecule has 196 valence electrons. The van der Waals surface area contributed by atoms with E-state index in [0.29, 0.717) is 30.8 Å². The number of thioether (sulfide) groups is 1. The molecule has 0 aliphatic carbocycles. The number of hydrogen-bond donors (Lipinski definition) is 0. The molecule has 1 saturated heterocycles. The van der Waals surface area contributed by atoms with Crippen LogP contribution in [0.1, 0.15) is 0 Å². The van der Waals surface area contributed by atoms with E-state index in [9.17, 15) is 4.79 Å².